The Kier molecular flexibility index (Phi) is 3.51. The fourth-order valence-corrected chi connectivity index (χ4v) is 1.37. The van der Waals surface area contributed by atoms with Crippen molar-refractivity contribution >= 4 is 11.6 Å². The third-order valence-corrected chi connectivity index (χ3v) is 1.94. The molecule has 0 radical (unpaired) electrons. The van der Waals surface area contributed by atoms with Crippen molar-refractivity contribution in [3.63, 3.8) is 0 Å². The highest BCUT2D eigenvalue weighted by atomic mass is 16.1. The van der Waals surface area contributed by atoms with Crippen molar-refractivity contribution < 1.29 is 4.79 Å². The van der Waals surface area contributed by atoms with Crippen LogP contribution < -0.4 is 11.1 Å². The van der Waals surface area contributed by atoms with Crippen LogP contribution in [0.4, 0.5) is 5.69 Å². The van der Waals surface area contributed by atoms with E-state index >= 15 is 0 Å². The van der Waals surface area contributed by atoms with Crippen molar-refractivity contribution in [2.75, 3.05) is 5.32 Å². The summed E-state index contributed by atoms with van der Waals surface area (Å²) in [6.07, 6.45) is 0.355. The van der Waals surface area contributed by atoms with Gasteiger partial charge in [-0.15, -0.1) is 0 Å². The third kappa shape index (κ3) is 3.47. The van der Waals surface area contributed by atoms with E-state index in [0.717, 1.165) is 5.69 Å². The molecule has 0 aliphatic heterocycles. The fourth-order valence-electron chi connectivity index (χ4n) is 1.37. The molecule has 1 amide bonds. The summed E-state index contributed by atoms with van der Waals surface area (Å²) in [6.45, 7) is 3.97. The third-order valence-electron chi connectivity index (χ3n) is 1.94. The van der Waals surface area contributed by atoms with Crippen LogP contribution in [0, 0.1) is 6.92 Å². The highest BCUT2D eigenvalue weighted by Gasteiger charge is 2.04. The van der Waals surface area contributed by atoms with Crippen LogP contribution >= 0.6 is 0 Å². The van der Waals surface area contributed by atoms with Gasteiger partial charge >= 0.3 is 0 Å². The molecule has 0 bridgehead atoms. The molecule has 0 aromatic heterocycles. The van der Waals surface area contributed by atoms with Crippen molar-refractivity contribution in [1.29, 1.82) is 0 Å². The molecule has 1 unspecified atom stereocenters. The van der Waals surface area contributed by atoms with Gasteiger partial charge in [-0.1, -0.05) is 12.1 Å². The smallest absolute Gasteiger partial charge is 0.219 e. The van der Waals surface area contributed by atoms with Crippen molar-refractivity contribution in [3.05, 3.63) is 29.8 Å². The van der Waals surface area contributed by atoms with E-state index in [4.69, 9.17) is 5.73 Å². The van der Waals surface area contributed by atoms with Crippen molar-refractivity contribution in [1.82, 2.24) is 0 Å². The summed E-state index contributed by atoms with van der Waals surface area (Å²) in [5.41, 5.74) is 7.32. The van der Waals surface area contributed by atoms with E-state index in [1.54, 1.807) is 0 Å². The summed E-state index contributed by atoms with van der Waals surface area (Å²) in [7, 11) is 0. The number of nitrogens with two attached hydrogens (primary N) is 1. The van der Waals surface area contributed by atoms with Gasteiger partial charge in [-0.05, 0) is 31.5 Å². The molecule has 3 nitrogen and oxygen atoms in total. The van der Waals surface area contributed by atoms with Gasteiger partial charge in [0.25, 0.3) is 0 Å². The number of benzene rings is 1. The molecular formula is C11H16N2O. The monoisotopic (exact) mass is 192 g/mol. The second-order valence-corrected chi connectivity index (χ2v) is 3.59. The summed E-state index contributed by atoms with van der Waals surface area (Å²) < 4.78 is 0. The second-order valence-electron chi connectivity index (χ2n) is 3.59. The average molecular weight is 192 g/mol. The van der Waals surface area contributed by atoms with Crippen LogP contribution in [0.3, 0.4) is 0 Å². The predicted molar refractivity (Wildman–Crippen MR) is 58.1 cm³/mol. The maximum absolute atomic E-state index is 10.6. The first-order chi connectivity index (χ1) is 6.58. The zero-order valence-corrected chi connectivity index (χ0v) is 8.58. The van der Waals surface area contributed by atoms with Gasteiger partial charge < -0.3 is 11.1 Å². The molecule has 0 saturated heterocycles. The minimum atomic E-state index is -0.280. The maximum atomic E-state index is 10.6. The summed E-state index contributed by atoms with van der Waals surface area (Å²) in [5, 5.41) is 3.21. The lowest BCUT2D eigenvalue weighted by Crippen LogP contribution is -2.23. The maximum Gasteiger partial charge on any atom is 0.219 e. The molecule has 76 valence electrons. The quantitative estimate of drug-likeness (QED) is 0.762. The molecule has 1 atom stereocenters. The second kappa shape index (κ2) is 4.65. The lowest BCUT2D eigenvalue weighted by Gasteiger charge is -2.13. The molecule has 3 heteroatoms. The normalized spacial score (nSPS) is 12.1. The van der Waals surface area contributed by atoms with Gasteiger partial charge in [0.15, 0.2) is 0 Å². The molecule has 0 saturated carbocycles. The lowest BCUT2D eigenvalue weighted by atomic mass is 10.2. The number of primary amides is 1. The summed E-state index contributed by atoms with van der Waals surface area (Å²) in [5.74, 6) is -0.280. The van der Waals surface area contributed by atoms with Crippen LogP contribution in [-0.2, 0) is 4.79 Å². The van der Waals surface area contributed by atoms with E-state index in [1.807, 2.05) is 38.1 Å². The van der Waals surface area contributed by atoms with Crippen molar-refractivity contribution in [3.8, 4) is 0 Å². The molecule has 0 aliphatic carbocycles. The van der Waals surface area contributed by atoms with E-state index in [2.05, 4.69) is 5.32 Å². The molecule has 0 fully saturated rings. The standard InChI is InChI=1S/C11H16N2O/c1-8-4-3-5-10(6-8)13-9(2)7-11(12)14/h3-6,9,13H,7H2,1-2H3,(H2,12,14). The molecule has 0 heterocycles. The van der Waals surface area contributed by atoms with Crippen LogP contribution in [0.15, 0.2) is 24.3 Å². The van der Waals surface area contributed by atoms with Crippen LogP contribution in [0.2, 0.25) is 0 Å². The zero-order valence-electron chi connectivity index (χ0n) is 8.58. The number of anilines is 1. The predicted octanol–water partition coefficient (Wildman–Crippen LogP) is 1.67. The van der Waals surface area contributed by atoms with E-state index in [9.17, 15) is 4.79 Å². The van der Waals surface area contributed by atoms with Gasteiger partial charge in [0, 0.05) is 18.2 Å². The van der Waals surface area contributed by atoms with Gasteiger partial charge in [-0.3, -0.25) is 4.79 Å². The van der Waals surface area contributed by atoms with Gasteiger partial charge in [0.05, 0.1) is 0 Å². The largest absolute Gasteiger partial charge is 0.382 e. The summed E-state index contributed by atoms with van der Waals surface area (Å²) >= 11 is 0. The minimum Gasteiger partial charge on any atom is -0.382 e. The Hall–Kier alpha value is -1.51. The Balaban J connectivity index is 2.55. The van der Waals surface area contributed by atoms with Crippen molar-refractivity contribution in [2.45, 2.75) is 26.3 Å². The number of hydrogen-bond donors (Lipinski definition) is 2. The van der Waals surface area contributed by atoms with Gasteiger partial charge in [0.2, 0.25) is 5.91 Å². The van der Waals surface area contributed by atoms with E-state index in [-0.39, 0.29) is 11.9 Å². The zero-order chi connectivity index (χ0) is 10.6. The molecule has 0 spiro atoms. The number of rotatable bonds is 4. The molecule has 14 heavy (non-hydrogen) atoms. The molecule has 1 rings (SSSR count). The Morgan fingerprint density at radius 1 is 1.57 bits per heavy atom. The number of carbonyl (C=O) groups excluding carboxylic acids is 1. The Labute approximate surface area is 84.3 Å². The average Bonchev–Trinajstić information content (AvgIpc) is 2.01. The Morgan fingerprint density at radius 2 is 2.29 bits per heavy atom. The highest BCUT2D eigenvalue weighted by Crippen LogP contribution is 2.11. The molecular weight excluding hydrogens is 176 g/mol. The van der Waals surface area contributed by atoms with Gasteiger partial charge in [0.1, 0.15) is 0 Å². The number of hydrogen-bond acceptors (Lipinski definition) is 2. The lowest BCUT2D eigenvalue weighted by molar-refractivity contribution is -0.118. The van der Waals surface area contributed by atoms with Crippen LogP contribution in [0.1, 0.15) is 18.9 Å². The van der Waals surface area contributed by atoms with Crippen LogP contribution in [0.25, 0.3) is 0 Å². The summed E-state index contributed by atoms with van der Waals surface area (Å²) in [4.78, 5) is 10.6. The highest BCUT2D eigenvalue weighted by molar-refractivity contribution is 5.74. The van der Waals surface area contributed by atoms with Crippen LogP contribution in [-0.4, -0.2) is 11.9 Å². The first kappa shape index (κ1) is 10.6. The SMILES string of the molecule is Cc1cccc(NC(C)CC(N)=O)c1. The molecule has 0 aliphatic rings. The van der Waals surface area contributed by atoms with Gasteiger partial charge in [-0.25, -0.2) is 0 Å². The number of aryl methyl sites for hydroxylation is 1. The van der Waals surface area contributed by atoms with E-state index in [0.29, 0.717) is 6.42 Å². The van der Waals surface area contributed by atoms with Gasteiger partial charge in [-0.2, -0.15) is 0 Å². The first-order valence-electron chi connectivity index (χ1n) is 4.69. The minimum absolute atomic E-state index is 0.0781. The number of nitrogens with one attached hydrogen (secondary N) is 1. The van der Waals surface area contributed by atoms with E-state index < -0.39 is 0 Å². The fraction of sp³-hybridized carbons (Fsp3) is 0.364. The number of amides is 1. The van der Waals surface area contributed by atoms with E-state index in [1.165, 1.54) is 5.56 Å². The number of carbonyl (C=O) groups is 1. The topological polar surface area (TPSA) is 55.1 Å². The summed E-state index contributed by atoms with van der Waals surface area (Å²) in [6, 6.07) is 8.11. The first-order valence-corrected chi connectivity index (χ1v) is 4.69. The molecule has 3 N–H and O–H groups in total. The Morgan fingerprint density at radius 3 is 2.86 bits per heavy atom. The molecule has 1 aromatic rings. The van der Waals surface area contributed by atoms with Crippen LogP contribution in [0.5, 0.6) is 0 Å². The Bertz CT molecular complexity index is 323. The molecule has 1 aromatic carbocycles. The van der Waals surface area contributed by atoms with Crippen molar-refractivity contribution in [2.24, 2.45) is 5.73 Å².